The number of nitrogens with zero attached hydrogens (tertiary/aromatic N) is 2. The molecule has 0 radical (unpaired) electrons. The van der Waals surface area contributed by atoms with Crippen LogP contribution in [-0.2, 0) is 0 Å². The third kappa shape index (κ3) is 2.80. The van der Waals surface area contributed by atoms with Gasteiger partial charge in [-0.25, -0.2) is 9.97 Å². The Balaban J connectivity index is 1.70. The summed E-state index contributed by atoms with van der Waals surface area (Å²) in [4.78, 5) is 8.87. The van der Waals surface area contributed by atoms with Crippen molar-refractivity contribution >= 4 is 5.69 Å². The van der Waals surface area contributed by atoms with E-state index in [2.05, 4.69) is 15.3 Å². The molecule has 4 heteroatoms. The van der Waals surface area contributed by atoms with Crippen LogP contribution < -0.4 is 11.1 Å². The quantitative estimate of drug-likeness (QED) is 0.895. The molecule has 20 heavy (non-hydrogen) atoms. The van der Waals surface area contributed by atoms with E-state index >= 15 is 0 Å². The van der Waals surface area contributed by atoms with Crippen LogP contribution in [0.2, 0.25) is 0 Å². The second-order valence-electron chi connectivity index (χ2n) is 5.34. The molecular formula is C16H20N4. The van der Waals surface area contributed by atoms with Crippen molar-refractivity contribution in [3.63, 3.8) is 0 Å². The number of anilines is 1. The molecule has 1 aromatic carbocycles. The molecule has 0 amide bonds. The fourth-order valence-electron chi connectivity index (χ4n) is 2.86. The lowest BCUT2D eigenvalue weighted by Gasteiger charge is -2.20. The van der Waals surface area contributed by atoms with E-state index in [1.807, 2.05) is 42.7 Å². The molecule has 1 saturated carbocycles. The van der Waals surface area contributed by atoms with E-state index < -0.39 is 0 Å². The molecule has 1 heterocycles. The molecule has 0 aliphatic heterocycles. The van der Waals surface area contributed by atoms with Crippen molar-refractivity contribution < 1.29 is 0 Å². The molecule has 4 nitrogen and oxygen atoms in total. The maximum Gasteiger partial charge on any atom is 0.159 e. The second-order valence-corrected chi connectivity index (χ2v) is 5.34. The van der Waals surface area contributed by atoms with Gasteiger partial charge in [0.2, 0.25) is 0 Å². The third-order valence-electron chi connectivity index (χ3n) is 4.00. The normalized spacial score (nSPS) is 21.9. The van der Waals surface area contributed by atoms with Crippen LogP contribution in [0.25, 0.3) is 11.4 Å². The zero-order valence-corrected chi connectivity index (χ0v) is 11.5. The van der Waals surface area contributed by atoms with Crippen LogP contribution in [0.4, 0.5) is 5.69 Å². The van der Waals surface area contributed by atoms with E-state index in [9.17, 15) is 0 Å². The topological polar surface area (TPSA) is 63.8 Å². The number of rotatable bonds is 4. The number of aromatic nitrogens is 2. The van der Waals surface area contributed by atoms with E-state index in [0.29, 0.717) is 12.0 Å². The lowest BCUT2D eigenvalue weighted by atomic mass is 10.0. The average Bonchev–Trinajstić information content (AvgIpc) is 2.96. The summed E-state index contributed by atoms with van der Waals surface area (Å²) < 4.78 is 0. The highest BCUT2D eigenvalue weighted by Gasteiger charge is 2.25. The summed E-state index contributed by atoms with van der Waals surface area (Å²) in [5.41, 5.74) is 7.83. The Morgan fingerprint density at radius 1 is 1.10 bits per heavy atom. The summed E-state index contributed by atoms with van der Waals surface area (Å²) in [5.74, 6) is 1.33. The van der Waals surface area contributed by atoms with Gasteiger partial charge in [-0.05, 0) is 25.3 Å². The second kappa shape index (κ2) is 6.01. The Morgan fingerprint density at radius 3 is 2.55 bits per heavy atom. The number of nitrogens with one attached hydrogen (secondary N) is 1. The molecule has 104 valence electrons. The zero-order valence-electron chi connectivity index (χ0n) is 11.5. The maximum absolute atomic E-state index is 5.81. The summed E-state index contributed by atoms with van der Waals surface area (Å²) in [5, 5.41) is 3.52. The van der Waals surface area contributed by atoms with Crippen molar-refractivity contribution in [2.75, 3.05) is 11.9 Å². The predicted octanol–water partition coefficient (Wildman–Crippen LogP) is 2.68. The lowest BCUT2D eigenvalue weighted by Crippen LogP contribution is -2.29. The van der Waals surface area contributed by atoms with Crippen LogP contribution in [0.5, 0.6) is 0 Å². The van der Waals surface area contributed by atoms with Gasteiger partial charge >= 0.3 is 0 Å². The van der Waals surface area contributed by atoms with E-state index in [0.717, 1.165) is 23.6 Å². The van der Waals surface area contributed by atoms with Gasteiger partial charge in [-0.15, -0.1) is 0 Å². The summed E-state index contributed by atoms with van der Waals surface area (Å²) in [7, 11) is 0. The van der Waals surface area contributed by atoms with Crippen molar-refractivity contribution in [2.45, 2.75) is 25.3 Å². The van der Waals surface area contributed by atoms with Crippen LogP contribution in [0, 0.1) is 5.92 Å². The zero-order chi connectivity index (χ0) is 13.8. The van der Waals surface area contributed by atoms with Crippen molar-refractivity contribution in [3.05, 3.63) is 42.7 Å². The van der Waals surface area contributed by atoms with Crippen LogP contribution in [0.1, 0.15) is 19.3 Å². The fraction of sp³-hybridized carbons (Fsp3) is 0.375. The van der Waals surface area contributed by atoms with E-state index in [1.165, 1.54) is 19.3 Å². The summed E-state index contributed by atoms with van der Waals surface area (Å²) >= 11 is 0. The van der Waals surface area contributed by atoms with E-state index in [4.69, 9.17) is 5.73 Å². The predicted molar refractivity (Wildman–Crippen MR) is 81.3 cm³/mol. The minimum absolute atomic E-state index is 0.464. The van der Waals surface area contributed by atoms with Gasteiger partial charge in [0.25, 0.3) is 0 Å². The maximum atomic E-state index is 5.81. The Hall–Kier alpha value is -1.94. The van der Waals surface area contributed by atoms with Crippen molar-refractivity contribution in [3.8, 4) is 11.4 Å². The fourth-order valence-corrected chi connectivity index (χ4v) is 2.86. The van der Waals surface area contributed by atoms with Gasteiger partial charge in [-0.1, -0.05) is 36.8 Å². The van der Waals surface area contributed by atoms with Gasteiger partial charge in [0, 0.05) is 11.6 Å². The van der Waals surface area contributed by atoms with Gasteiger partial charge in [0.1, 0.15) is 0 Å². The molecule has 0 spiro atoms. The third-order valence-corrected chi connectivity index (χ3v) is 4.00. The first kappa shape index (κ1) is 13.1. The van der Waals surface area contributed by atoms with Crippen LogP contribution in [0.3, 0.4) is 0 Å². The Kier molecular flexibility index (Phi) is 3.92. The largest absolute Gasteiger partial charge is 0.379 e. The first-order chi connectivity index (χ1) is 9.86. The van der Waals surface area contributed by atoms with Crippen LogP contribution in [0.15, 0.2) is 42.7 Å². The lowest BCUT2D eigenvalue weighted by molar-refractivity contribution is 0.516. The number of benzene rings is 1. The Morgan fingerprint density at radius 2 is 1.85 bits per heavy atom. The molecule has 0 saturated heterocycles. The van der Waals surface area contributed by atoms with Crippen LogP contribution >= 0.6 is 0 Å². The smallest absolute Gasteiger partial charge is 0.159 e. The molecule has 1 aromatic heterocycles. The molecule has 2 unspecified atom stereocenters. The molecule has 3 rings (SSSR count). The van der Waals surface area contributed by atoms with Gasteiger partial charge in [-0.3, -0.25) is 0 Å². The minimum Gasteiger partial charge on any atom is -0.379 e. The standard InChI is InChI=1S/C16H20N4/c17-9-13-7-4-8-15(13)20-14-10-18-16(19-11-14)12-5-2-1-3-6-12/h1-3,5-6,10-11,13,15,20H,4,7-9,17H2. The van der Waals surface area contributed by atoms with E-state index in [-0.39, 0.29) is 0 Å². The summed E-state index contributed by atoms with van der Waals surface area (Å²) in [6.45, 7) is 0.751. The number of hydrogen-bond donors (Lipinski definition) is 2. The Labute approximate surface area is 119 Å². The molecule has 0 bridgehead atoms. The highest BCUT2D eigenvalue weighted by atomic mass is 15.0. The van der Waals surface area contributed by atoms with E-state index in [1.54, 1.807) is 0 Å². The van der Waals surface area contributed by atoms with Gasteiger partial charge in [0.05, 0.1) is 18.1 Å². The molecule has 2 aromatic rings. The molecular weight excluding hydrogens is 248 g/mol. The molecule has 3 N–H and O–H groups in total. The molecule has 1 fully saturated rings. The molecule has 1 aliphatic carbocycles. The first-order valence-corrected chi connectivity index (χ1v) is 7.21. The van der Waals surface area contributed by atoms with Crippen molar-refractivity contribution in [2.24, 2.45) is 11.7 Å². The molecule has 2 atom stereocenters. The van der Waals surface area contributed by atoms with Crippen molar-refractivity contribution in [1.82, 2.24) is 9.97 Å². The monoisotopic (exact) mass is 268 g/mol. The minimum atomic E-state index is 0.464. The summed E-state index contributed by atoms with van der Waals surface area (Å²) in [6, 6.07) is 10.5. The number of hydrogen-bond acceptors (Lipinski definition) is 4. The van der Waals surface area contributed by atoms with Gasteiger partial charge in [0.15, 0.2) is 5.82 Å². The van der Waals surface area contributed by atoms with Crippen LogP contribution in [-0.4, -0.2) is 22.6 Å². The average molecular weight is 268 g/mol. The highest BCUT2D eigenvalue weighted by Crippen LogP contribution is 2.27. The summed E-state index contributed by atoms with van der Waals surface area (Å²) in [6.07, 6.45) is 7.38. The van der Waals surface area contributed by atoms with Crippen molar-refractivity contribution in [1.29, 1.82) is 0 Å². The van der Waals surface area contributed by atoms with Gasteiger partial charge in [-0.2, -0.15) is 0 Å². The van der Waals surface area contributed by atoms with Gasteiger partial charge < -0.3 is 11.1 Å². The Bertz CT molecular complexity index is 538. The highest BCUT2D eigenvalue weighted by molar-refractivity contribution is 5.55. The number of nitrogens with two attached hydrogens (primary N) is 1. The first-order valence-electron chi connectivity index (χ1n) is 7.21. The molecule has 1 aliphatic rings. The SMILES string of the molecule is NCC1CCCC1Nc1cnc(-c2ccccc2)nc1.